The van der Waals surface area contributed by atoms with E-state index >= 15 is 0 Å². The van der Waals surface area contributed by atoms with Crippen molar-refractivity contribution in [2.45, 2.75) is 45.5 Å². The van der Waals surface area contributed by atoms with Crippen molar-refractivity contribution in [2.75, 3.05) is 5.32 Å². The summed E-state index contributed by atoms with van der Waals surface area (Å²) >= 11 is -1.69. The molecule has 0 saturated heterocycles. The first kappa shape index (κ1) is 20.4. The van der Waals surface area contributed by atoms with Gasteiger partial charge in [-0.1, -0.05) is 4.40 Å². The highest BCUT2D eigenvalue weighted by Gasteiger charge is 2.36. The first-order valence-electron chi connectivity index (χ1n) is 6.89. The SMILES string of the molecule is CC(=O)Nc1cc(C(C)=N[S+]([O-])C(C)(C)C)cc(C(F)(F)F)c1F. The van der Waals surface area contributed by atoms with Crippen molar-refractivity contribution in [3.05, 3.63) is 29.1 Å². The molecule has 1 rings (SSSR count). The summed E-state index contributed by atoms with van der Waals surface area (Å²) in [4.78, 5) is 11.1. The van der Waals surface area contributed by atoms with E-state index in [0.29, 0.717) is 6.07 Å². The van der Waals surface area contributed by atoms with Crippen molar-refractivity contribution >= 4 is 28.7 Å². The minimum Gasteiger partial charge on any atom is -0.591 e. The highest BCUT2D eigenvalue weighted by Crippen LogP contribution is 2.35. The summed E-state index contributed by atoms with van der Waals surface area (Å²) in [5.41, 5.74) is -2.17. The second kappa shape index (κ2) is 7.10. The highest BCUT2D eigenvalue weighted by atomic mass is 32.2. The Hall–Kier alpha value is -1.61. The number of nitrogens with one attached hydrogen (secondary N) is 1. The topological polar surface area (TPSA) is 64.5 Å². The summed E-state index contributed by atoms with van der Waals surface area (Å²) in [6.07, 6.45) is -4.95. The van der Waals surface area contributed by atoms with Crippen LogP contribution in [0.4, 0.5) is 23.2 Å². The Morgan fingerprint density at radius 3 is 2.17 bits per heavy atom. The van der Waals surface area contributed by atoms with E-state index in [-0.39, 0.29) is 11.3 Å². The predicted molar refractivity (Wildman–Crippen MR) is 85.8 cm³/mol. The number of carbonyl (C=O) groups excluding carboxylic acids is 1. The number of anilines is 1. The number of benzene rings is 1. The second-order valence-corrected chi connectivity index (χ2v) is 8.01. The standard InChI is InChI=1S/C15H18F4N2O2S/c1-8(21-24(23)14(3,4)5)10-6-11(15(17,18)19)13(16)12(7-10)20-9(2)22/h6-7H,1-5H3,(H,20,22). The maximum Gasteiger partial charge on any atom is 0.419 e. The van der Waals surface area contributed by atoms with Crippen LogP contribution in [0.3, 0.4) is 0 Å². The Morgan fingerprint density at radius 2 is 1.75 bits per heavy atom. The van der Waals surface area contributed by atoms with Gasteiger partial charge in [0.2, 0.25) is 5.91 Å². The molecule has 0 bridgehead atoms. The smallest absolute Gasteiger partial charge is 0.419 e. The normalized spacial score (nSPS) is 14.5. The lowest BCUT2D eigenvalue weighted by Crippen LogP contribution is -2.26. The maximum absolute atomic E-state index is 14.0. The number of amides is 1. The molecule has 1 atom stereocenters. The van der Waals surface area contributed by atoms with Crippen LogP contribution in [0.1, 0.15) is 45.7 Å². The van der Waals surface area contributed by atoms with Crippen LogP contribution in [0.5, 0.6) is 0 Å². The fraction of sp³-hybridized carbons (Fsp3) is 0.467. The van der Waals surface area contributed by atoms with Crippen LogP contribution in [-0.2, 0) is 22.3 Å². The molecule has 0 fully saturated rings. The molecule has 134 valence electrons. The first-order valence-corrected chi connectivity index (χ1v) is 8.00. The zero-order chi connectivity index (χ0) is 18.9. The largest absolute Gasteiger partial charge is 0.591 e. The van der Waals surface area contributed by atoms with E-state index in [0.717, 1.165) is 13.0 Å². The van der Waals surface area contributed by atoms with E-state index < -0.39 is 45.3 Å². The lowest BCUT2D eigenvalue weighted by molar-refractivity contribution is -0.140. The number of hydrogen-bond acceptors (Lipinski definition) is 3. The number of alkyl halides is 3. The van der Waals surface area contributed by atoms with Crippen molar-refractivity contribution < 1.29 is 26.9 Å². The average Bonchev–Trinajstić information content (AvgIpc) is 2.37. The fourth-order valence-electron chi connectivity index (χ4n) is 1.63. The summed E-state index contributed by atoms with van der Waals surface area (Å²) in [5, 5.41) is 2.02. The number of carbonyl (C=O) groups is 1. The van der Waals surface area contributed by atoms with Gasteiger partial charge >= 0.3 is 6.18 Å². The van der Waals surface area contributed by atoms with Crippen LogP contribution in [0.25, 0.3) is 0 Å². The zero-order valence-corrected chi connectivity index (χ0v) is 14.7. The molecule has 0 aliphatic heterocycles. The Bertz CT molecular complexity index is 667. The van der Waals surface area contributed by atoms with Gasteiger partial charge in [0, 0.05) is 12.5 Å². The van der Waals surface area contributed by atoms with Gasteiger partial charge in [0.05, 0.1) is 17.0 Å². The van der Waals surface area contributed by atoms with E-state index in [4.69, 9.17) is 0 Å². The molecular weight excluding hydrogens is 348 g/mol. The van der Waals surface area contributed by atoms with E-state index in [1.807, 2.05) is 5.32 Å². The van der Waals surface area contributed by atoms with Crippen molar-refractivity contribution in [3.63, 3.8) is 0 Å². The molecule has 1 unspecified atom stereocenters. The summed E-state index contributed by atoms with van der Waals surface area (Å²) in [5.74, 6) is -2.29. The van der Waals surface area contributed by atoms with Crippen LogP contribution in [0.2, 0.25) is 0 Å². The van der Waals surface area contributed by atoms with Gasteiger partial charge in [0.1, 0.15) is 16.1 Å². The lowest BCUT2D eigenvalue weighted by Gasteiger charge is -2.19. The molecule has 4 nitrogen and oxygen atoms in total. The van der Waals surface area contributed by atoms with Gasteiger partial charge < -0.3 is 9.87 Å². The molecule has 9 heteroatoms. The summed E-state index contributed by atoms with van der Waals surface area (Å²) in [7, 11) is 0. The third-order valence-corrected chi connectivity index (χ3v) is 4.34. The van der Waals surface area contributed by atoms with Crippen LogP contribution in [-0.4, -0.2) is 20.9 Å². The van der Waals surface area contributed by atoms with E-state index in [1.165, 1.54) is 6.92 Å². The lowest BCUT2D eigenvalue weighted by atomic mass is 10.0. The molecule has 0 saturated carbocycles. The molecule has 24 heavy (non-hydrogen) atoms. The average molecular weight is 366 g/mol. The van der Waals surface area contributed by atoms with Crippen molar-refractivity contribution in [2.24, 2.45) is 4.40 Å². The third-order valence-electron chi connectivity index (χ3n) is 2.85. The van der Waals surface area contributed by atoms with E-state index in [2.05, 4.69) is 4.40 Å². The molecule has 0 spiro atoms. The van der Waals surface area contributed by atoms with Gasteiger partial charge in [-0.05, 0) is 39.8 Å². The Kier molecular flexibility index (Phi) is 6.05. The minimum atomic E-state index is -4.95. The van der Waals surface area contributed by atoms with Crippen LogP contribution >= 0.6 is 0 Å². The molecule has 0 aliphatic rings. The monoisotopic (exact) mass is 366 g/mol. The summed E-state index contributed by atoms with van der Waals surface area (Å²) < 4.78 is 68.2. The number of rotatable bonds is 3. The van der Waals surface area contributed by atoms with Gasteiger partial charge in [0.25, 0.3) is 0 Å². The zero-order valence-electron chi connectivity index (χ0n) is 13.8. The molecule has 1 aromatic rings. The highest BCUT2D eigenvalue weighted by molar-refractivity contribution is 7.91. The van der Waals surface area contributed by atoms with E-state index in [9.17, 15) is 26.9 Å². The Morgan fingerprint density at radius 1 is 1.21 bits per heavy atom. The molecule has 0 aromatic heterocycles. The number of hydrogen-bond donors (Lipinski definition) is 1. The van der Waals surface area contributed by atoms with Gasteiger partial charge in [-0.2, -0.15) is 13.2 Å². The van der Waals surface area contributed by atoms with Crippen molar-refractivity contribution in [1.29, 1.82) is 0 Å². The van der Waals surface area contributed by atoms with Gasteiger partial charge in [-0.25, -0.2) is 4.39 Å². The fourth-order valence-corrected chi connectivity index (χ4v) is 2.26. The Balaban J connectivity index is 3.48. The van der Waals surface area contributed by atoms with Crippen molar-refractivity contribution in [3.8, 4) is 0 Å². The molecule has 1 aromatic carbocycles. The quantitative estimate of drug-likeness (QED) is 0.498. The molecule has 1 amide bonds. The molecule has 1 N–H and O–H groups in total. The molecular formula is C15H18F4N2O2S. The van der Waals surface area contributed by atoms with Gasteiger partial charge in [-0.3, -0.25) is 4.79 Å². The van der Waals surface area contributed by atoms with Crippen molar-refractivity contribution in [1.82, 2.24) is 0 Å². The summed E-state index contributed by atoms with van der Waals surface area (Å²) in [6, 6.07) is 1.62. The van der Waals surface area contributed by atoms with Crippen LogP contribution in [0, 0.1) is 5.82 Å². The summed E-state index contributed by atoms with van der Waals surface area (Å²) in [6.45, 7) is 7.40. The predicted octanol–water partition coefficient (Wildman–Crippen LogP) is 4.07. The van der Waals surface area contributed by atoms with Gasteiger partial charge in [-0.15, -0.1) is 0 Å². The van der Waals surface area contributed by atoms with Crippen LogP contribution < -0.4 is 5.32 Å². The van der Waals surface area contributed by atoms with Gasteiger partial charge in [0.15, 0.2) is 5.82 Å². The molecule has 0 aliphatic carbocycles. The third kappa shape index (κ3) is 5.20. The maximum atomic E-state index is 14.0. The number of nitrogens with zero attached hydrogens (tertiary/aromatic N) is 1. The van der Waals surface area contributed by atoms with E-state index in [1.54, 1.807) is 20.8 Å². The minimum absolute atomic E-state index is 0.0420. The second-order valence-electron chi connectivity index (χ2n) is 6.10. The first-order chi connectivity index (χ1) is 10.7. The molecule has 0 radical (unpaired) electrons. The number of halogens is 4. The molecule has 0 heterocycles. The van der Waals surface area contributed by atoms with Crippen LogP contribution in [0.15, 0.2) is 16.5 Å². The Labute approximate surface area is 140 Å².